The summed E-state index contributed by atoms with van der Waals surface area (Å²) in [5.41, 5.74) is -0.661. The van der Waals surface area contributed by atoms with Gasteiger partial charge >= 0.3 is 0 Å². The standard InChI is InChI=1S/C18H18FNO4S/c1-9(21)13-8-12-15(25-13)14(16(22)18(2,3)24-12)20-17(23)10-4-6-11(19)7-5-10/h4-8,14,16,22H,1-3H3,(H,20,23)/t14-,16+/m1/s1. The Morgan fingerprint density at radius 2 is 1.92 bits per heavy atom. The summed E-state index contributed by atoms with van der Waals surface area (Å²) in [6.07, 6.45) is -1.01. The molecule has 0 unspecified atom stereocenters. The van der Waals surface area contributed by atoms with Gasteiger partial charge in [-0.2, -0.15) is 0 Å². The third-order valence-electron chi connectivity index (χ3n) is 4.15. The van der Waals surface area contributed by atoms with Gasteiger partial charge in [0.05, 0.1) is 15.8 Å². The minimum atomic E-state index is -1.01. The lowest BCUT2D eigenvalue weighted by molar-refractivity contribution is -0.0612. The van der Waals surface area contributed by atoms with Crippen LogP contribution in [0.15, 0.2) is 30.3 Å². The van der Waals surface area contributed by atoms with Crippen molar-refractivity contribution in [1.29, 1.82) is 0 Å². The van der Waals surface area contributed by atoms with Crippen molar-refractivity contribution in [3.8, 4) is 5.75 Å². The van der Waals surface area contributed by atoms with E-state index < -0.39 is 29.5 Å². The first-order valence-corrected chi connectivity index (χ1v) is 8.59. The van der Waals surface area contributed by atoms with Gasteiger partial charge in [0.15, 0.2) is 5.78 Å². The van der Waals surface area contributed by atoms with Crippen molar-refractivity contribution in [3.63, 3.8) is 0 Å². The number of aliphatic hydroxyl groups excluding tert-OH is 1. The first-order valence-electron chi connectivity index (χ1n) is 7.77. The van der Waals surface area contributed by atoms with E-state index in [-0.39, 0.29) is 11.3 Å². The molecule has 3 rings (SSSR count). The van der Waals surface area contributed by atoms with Crippen molar-refractivity contribution in [2.75, 3.05) is 0 Å². The van der Waals surface area contributed by atoms with Crippen molar-refractivity contribution in [2.45, 2.75) is 38.5 Å². The average Bonchev–Trinajstić information content (AvgIpc) is 2.95. The highest BCUT2D eigenvalue weighted by atomic mass is 32.1. The third-order valence-corrected chi connectivity index (χ3v) is 5.45. The summed E-state index contributed by atoms with van der Waals surface area (Å²) in [4.78, 5) is 25.2. The molecular weight excluding hydrogens is 345 g/mol. The molecule has 0 saturated carbocycles. The van der Waals surface area contributed by atoms with Gasteiger partial charge in [0, 0.05) is 11.6 Å². The molecule has 1 aliphatic rings. The lowest BCUT2D eigenvalue weighted by Gasteiger charge is -2.40. The molecule has 132 valence electrons. The Hall–Kier alpha value is -2.25. The Morgan fingerprint density at radius 1 is 1.28 bits per heavy atom. The maximum absolute atomic E-state index is 13.0. The van der Waals surface area contributed by atoms with Crippen LogP contribution in [0.2, 0.25) is 0 Å². The molecule has 7 heteroatoms. The lowest BCUT2D eigenvalue weighted by atomic mass is 9.90. The molecule has 0 fully saturated rings. The summed E-state index contributed by atoms with van der Waals surface area (Å²) in [6, 6.07) is 6.05. The summed E-state index contributed by atoms with van der Waals surface area (Å²) in [6.45, 7) is 4.87. The van der Waals surface area contributed by atoms with Crippen LogP contribution in [0.5, 0.6) is 5.75 Å². The number of nitrogens with one attached hydrogen (secondary N) is 1. The zero-order valence-corrected chi connectivity index (χ0v) is 14.8. The van der Waals surface area contributed by atoms with E-state index in [0.29, 0.717) is 15.5 Å². The van der Waals surface area contributed by atoms with Crippen LogP contribution in [0, 0.1) is 5.82 Å². The normalized spacial score (nSPS) is 21.2. The van der Waals surface area contributed by atoms with Crippen molar-refractivity contribution in [2.24, 2.45) is 0 Å². The average molecular weight is 363 g/mol. The summed E-state index contributed by atoms with van der Waals surface area (Å²) in [5.74, 6) is -0.505. The van der Waals surface area contributed by atoms with Crippen LogP contribution in [-0.2, 0) is 0 Å². The van der Waals surface area contributed by atoms with E-state index in [9.17, 15) is 19.1 Å². The number of carbonyl (C=O) groups is 2. The number of carbonyl (C=O) groups excluding carboxylic acids is 2. The van der Waals surface area contributed by atoms with E-state index in [0.717, 1.165) is 0 Å². The van der Waals surface area contributed by atoms with Gasteiger partial charge in [-0.3, -0.25) is 9.59 Å². The van der Waals surface area contributed by atoms with Crippen LogP contribution in [0.1, 0.15) is 51.7 Å². The van der Waals surface area contributed by atoms with Gasteiger partial charge in [-0.15, -0.1) is 11.3 Å². The Balaban J connectivity index is 1.95. The largest absolute Gasteiger partial charge is 0.484 e. The maximum atomic E-state index is 13.0. The molecule has 0 spiro atoms. The number of rotatable bonds is 3. The Morgan fingerprint density at radius 3 is 2.52 bits per heavy atom. The fourth-order valence-electron chi connectivity index (χ4n) is 2.72. The second kappa shape index (κ2) is 6.24. The SMILES string of the molecule is CC(=O)c1cc2c(s1)[C@@H](NC(=O)c1ccc(F)cc1)[C@H](O)C(C)(C)O2. The fourth-order valence-corrected chi connectivity index (χ4v) is 3.78. The number of ketones is 1. The first kappa shape index (κ1) is 17.6. The van der Waals surface area contributed by atoms with Crippen molar-refractivity contribution in [3.05, 3.63) is 51.5 Å². The van der Waals surface area contributed by atoms with E-state index in [1.807, 2.05) is 0 Å². The highest BCUT2D eigenvalue weighted by Gasteiger charge is 2.45. The molecule has 0 saturated heterocycles. The second-order valence-electron chi connectivity index (χ2n) is 6.50. The zero-order valence-electron chi connectivity index (χ0n) is 14.0. The highest BCUT2D eigenvalue weighted by Crippen LogP contribution is 2.44. The monoisotopic (exact) mass is 363 g/mol. The maximum Gasteiger partial charge on any atom is 0.251 e. The molecule has 25 heavy (non-hydrogen) atoms. The van der Waals surface area contributed by atoms with Crippen LogP contribution >= 0.6 is 11.3 Å². The molecule has 1 aromatic carbocycles. The molecule has 5 nitrogen and oxygen atoms in total. The molecule has 2 heterocycles. The number of aliphatic hydroxyl groups is 1. The molecule has 1 aliphatic heterocycles. The van der Waals surface area contributed by atoms with Crippen molar-refractivity contribution >= 4 is 23.0 Å². The first-order chi connectivity index (χ1) is 11.7. The van der Waals surface area contributed by atoms with Gasteiger partial charge in [-0.1, -0.05) is 0 Å². The molecule has 2 N–H and O–H groups in total. The molecule has 1 amide bonds. The lowest BCUT2D eigenvalue weighted by Crippen LogP contribution is -2.53. The van der Waals surface area contributed by atoms with E-state index in [1.165, 1.54) is 42.5 Å². The number of Topliss-reactive ketones (excluding diaryl/α,β-unsaturated/α-hetero) is 1. The van der Waals surface area contributed by atoms with Gasteiger partial charge in [-0.05, 0) is 45.0 Å². The minimum absolute atomic E-state index is 0.112. The molecule has 0 aliphatic carbocycles. The van der Waals surface area contributed by atoms with Gasteiger partial charge in [-0.25, -0.2) is 4.39 Å². The van der Waals surface area contributed by atoms with Crippen LogP contribution in [0.3, 0.4) is 0 Å². The molecule has 1 aromatic heterocycles. The number of hydrogen-bond acceptors (Lipinski definition) is 5. The van der Waals surface area contributed by atoms with Gasteiger partial charge in [0.25, 0.3) is 5.91 Å². The van der Waals surface area contributed by atoms with Crippen LogP contribution in [-0.4, -0.2) is 28.5 Å². The number of amides is 1. The van der Waals surface area contributed by atoms with Crippen molar-refractivity contribution in [1.82, 2.24) is 5.32 Å². The number of fused-ring (bicyclic) bond motifs is 1. The Bertz CT molecular complexity index is 828. The summed E-state index contributed by atoms with van der Waals surface area (Å²) in [7, 11) is 0. The smallest absolute Gasteiger partial charge is 0.251 e. The number of thiophene rings is 1. The molecule has 2 aromatic rings. The van der Waals surface area contributed by atoms with Crippen LogP contribution in [0.4, 0.5) is 4.39 Å². The predicted molar refractivity (Wildman–Crippen MR) is 91.6 cm³/mol. The number of benzene rings is 1. The fraction of sp³-hybridized carbons (Fsp3) is 0.333. The topological polar surface area (TPSA) is 75.6 Å². The van der Waals surface area contributed by atoms with Crippen LogP contribution in [0.25, 0.3) is 0 Å². The molecule has 0 bridgehead atoms. The number of halogens is 1. The summed E-state index contributed by atoms with van der Waals surface area (Å²) >= 11 is 1.19. The Kier molecular flexibility index (Phi) is 4.38. The second-order valence-corrected chi connectivity index (χ2v) is 7.59. The quantitative estimate of drug-likeness (QED) is 0.822. The van der Waals surface area contributed by atoms with E-state index >= 15 is 0 Å². The zero-order chi connectivity index (χ0) is 18.4. The van der Waals surface area contributed by atoms with E-state index in [2.05, 4.69) is 5.32 Å². The van der Waals surface area contributed by atoms with E-state index in [1.54, 1.807) is 19.9 Å². The molecular formula is C18H18FNO4S. The Labute approximate surface area is 148 Å². The summed E-state index contributed by atoms with van der Waals surface area (Å²) < 4.78 is 18.8. The summed E-state index contributed by atoms with van der Waals surface area (Å²) in [5, 5.41) is 13.4. The number of hydrogen-bond donors (Lipinski definition) is 2. The van der Waals surface area contributed by atoms with E-state index in [4.69, 9.17) is 4.74 Å². The van der Waals surface area contributed by atoms with Gasteiger partial charge in [0.1, 0.15) is 23.3 Å². The third kappa shape index (κ3) is 3.29. The molecule has 2 atom stereocenters. The number of ether oxygens (including phenoxy) is 1. The van der Waals surface area contributed by atoms with Gasteiger partial charge < -0.3 is 15.2 Å². The van der Waals surface area contributed by atoms with Crippen molar-refractivity contribution < 1.29 is 23.8 Å². The highest BCUT2D eigenvalue weighted by molar-refractivity contribution is 7.14. The van der Waals surface area contributed by atoms with Crippen LogP contribution < -0.4 is 10.1 Å². The minimum Gasteiger partial charge on any atom is -0.484 e. The van der Waals surface area contributed by atoms with Gasteiger partial charge in [0.2, 0.25) is 0 Å². The predicted octanol–water partition coefficient (Wildman–Crippen LogP) is 3.09. The molecule has 0 radical (unpaired) electrons.